The van der Waals surface area contributed by atoms with Crippen molar-refractivity contribution in [2.24, 2.45) is 5.92 Å². The molecular weight excluding hydrogens is 409 g/mol. The highest BCUT2D eigenvalue weighted by Crippen LogP contribution is 2.30. The summed E-state index contributed by atoms with van der Waals surface area (Å²) in [6.07, 6.45) is 5.50. The zero-order valence-corrected chi connectivity index (χ0v) is 17.4. The standard InChI is InChI=1S/C19H22ClN3O2.2ClH/c1-21-12-14-3-2-10-23(13-14)19(24)15-4-5-18(17(20)11-15)25-16-6-8-22-9-7-16;;/h4-9,11,14,21H,2-3,10,12-13H2,1H3;2*1H. The third-order valence-electron chi connectivity index (χ3n) is 4.36. The second-order valence-electron chi connectivity index (χ2n) is 6.25. The largest absolute Gasteiger partial charge is 0.456 e. The highest BCUT2D eigenvalue weighted by Gasteiger charge is 2.24. The van der Waals surface area contributed by atoms with Crippen LogP contribution in [0.3, 0.4) is 0 Å². The zero-order valence-electron chi connectivity index (χ0n) is 15.1. The van der Waals surface area contributed by atoms with Gasteiger partial charge < -0.3 is 15.0 Å². The lowest BCUT2D eigenvalue weighted by molar-refractivity contribution is 0.0674. The number of rotatable bonds is 5. The molecule has 8 heteroatoms. The zero-order chi connectivity index (χ0) is 17.6. The first kappa shape index (κ1) is 23.5. The minimum Gasteiger partial charge on any atom is -0.456 e. The smallest absolute Gasteiger partial charge is 0.253 e. The summed E-state index contributed by atoms with van der Waals surface area (Å²) in [5.74, 6) is 1.71. The SMILES string of the molecule is CNCC1CCCN(C(=O)c2ccc(Oc3ccncc3)c(Cl)c2)C1.Cl.Cl. The van der Waals surface area contributed by atoms with Crippen molar-refractivity contribution in [2.75, 3.05) is 26.7 Å². The fourth-order valence-electron chi connectivity index (χ4n) is 3.14. The molecule has 1 unspecified atom stereocenters. The number of nitrogens with zero attached hydrogens (tertiary/aromatic N) is 2. The summed E-state index contributed by atoms with van der Waals surface area (Å²) in [6, 6.07) is 8.70. The number of pyridine rings is 1. The predicted octanol–water partition coefficient (Wildman–Crippen LogP) is 4.44. The Morgan fingerprint density at radius 3 is 2.70 bits per heavy atom. The Labute approximate surface area is 177 Å². The van der Waals surface area contributed by atoms with E-state index in [4.69, 9.17) is 16.3 Å². The van der Waals surface area contributed by atoms with Gasteiger partial charge in [0.25, 0.3) is 5.91 Å². The molecule has 0 aliphatic carbocycles. The van der Waals surface area contributed by atoms with Crippen molar-refractivity contribution in [3.05, 3.63) is 53.3 Å². The van der Waals surface area contributed by atoms with Crippen LogP contribution in [0.4, 0.5) is 0 Å². The second-order valence-corrected chi connectivity index (χ2v) is 6.65. The van der Waals surface area contributed by atoms with Crippen LogP contribution in [0.2, 0.25) is 5.02 Å². The topological polar surface area (TPSA) is 54.5 Å². The van der Waals surface area contributed by atoms with E-state index < -0.39 is 0 Å². The van der Waals surface area contributed by atoms with Crippen LogP contribution in [0.25, 0.3) is 0 Å². The number of amides is 1. The van der Waals surface area contributed by atoms with Gasteiger partial charge in [-0.15, -0.1) is 24.8 Å². The van der Waals surface area contributed by atoms with Crippen molar-refractivity contribution in [2.45, 2.75) is 12.8 Å². The van der Waals surface area contributed by atoms with E-state index in [2.05, 4.69) is 10.3 Å². The number of likely N-dealkylation sites (tertiary alicyclic amines) is 1. The molecule has 1 saturated heterocycles. The molecule has 1 aliphatic heterocycles. The molecule has 1 aliphatic rings. The van der Waals surface area contributed by atoms with Crippen LogP contribution >= 0.6 is 36.4 Å². The molecule has 148 valence electrons. The normalized spacial score (nSPS) is 16.1. The lowest BCUT2D eigenvalue weighted by Crippen LogP contribution is -2.42. The van der Waals surface area contributed by atoms with Crippen LogP contribution in [0.1, 0.15) is 23.2 Å². The number of halogens is 3. The maximum atomic E-state index is 12.8. The van der Waals surface area contributed by atoms with Crippen molar-refractivity contribution >= 4 is 42.3 Å². The monoisotopic (exact) mass is 431 g/mol. The Hall–Kier alpha value is -1.53. The van der Waals surface area contributed by atoms with Crippen molar-refractivity contribution < 1.29 is 9.53 Å². The first-order valence-electron chi connectivity index (χ1n) is 8.48. The van der Waals surface area contributed by atoms with E-state index >= 15 is 0 Å². The molecule has 1 N–H and O–H groups in total. The maximum absolute atomic E-state index is 12.8. The van der Waals surface area contributed by atoms with Crippen LogP contribution in [0.15, 0.2) is 42.7 Å². The number of piperidine rings is 1. The number of carbonyl (C=O) groups excluding carboxylic acids is 1. The molecule has 1 aromatic heterocycles. The lowest BCUT2D eigenvalue weighted by Gasteiger charge is -2.32. The average molecular weight is 433 g/mol. The van der Waals surface area contributed by atoms with E-state index in [1.54, 1.807) is 42.7 Å². The van der Waals surface area contributed by atoms with Gasteiger partial charge in [0.15, 0.2) is 0 Å². The number of nitrogens with one attached hydrogen (secondary N) is 1. The summed E-state index contributed by atoms with van der Waals surface area (Å²) in [4.78, 5) is 18.6. The average Bonchev–Trinajstić information content (AvgIpc) is 2.64. The van der Waals surface area contributed by atoms with Gasteiger partial charge >= 0.3 is 0 Å². The van der Waals surface area contributed by atoms with Gasteiger partial charge in [0.2, 0.25) is 0 Å². The maximum Gasteiger partial charge on any atom is 0.253 e. The minimum atomic E-state index is 0. The lowest BCUT2D eigenvalue weighted by atomic mass is 9.97. The molecule has 2 aromatic rings. The third-order valence-corrected chi connectivity index (χ3v) is 4.65. The Bertz CT molecular complexity index is 729. The van der Waals surface area contributed by atoms with E-state index in [0.717, 1.165) is 32.5 Å². The summed E-state index contributed by atoms with van der Waals surface area (Å²) in [5, 5.41) is 3.62. The first-order chi connectivity index (χ1) is 12.2. The fourth-order valence-corrected chi connectivity index (χ4v) is 3.36. The molecule has 0 bridgehead atoms. The molecular formula is C19H24Cl3N3O2. The number of ether oxygens (including phenoxy) is 1. The molecule has 5 nitrogen and oxygen atoms in total. The molecule has 27 heavy (non-hydrogen) atoms. The quantitative estimate of drug-likeness (QED) is 0.759. The van der Waals surface area contributed by atoms with E-state index in [0.29, 0.717) is 28.0 Å². The minimum absolute atomic E-state index is 0. The number of benzene rings is 1. The van der Waals surface area contributed by atoms with Gasteiger partial charge in [-0.05, 0) is 62.7 Å². The van der Waals surface area contributed by atoms with E-state index in [1.807, 2.05) is 11.9 Å². The number of hydrogen-bond acceptors (Lipinski definition) is 4. The van der Waals surface area contributed by atoms with Gasteiger partial charge in [-0.1, -0.05) is 11.6 Å². The number of aromatic nitrogens is 1. The molecule has 1 fully saturated rings. The molecule has 1 atom stereocenters. The molecule has 0 radical (unpaired) electrons. The summed E-state index contributed by atoms with van der Waals surface area (Å²) in [5.41, 5.74) is 0.595. The van der Waals surface area contributed by atoms with Crippen molar-refractivity contribution in [1.29, 1.82) is 0 Å². The first-order valence-corrected chi connectivity index (χ1v) is 8.86. The van der Waals surface area contributed by atoms with Crippen molar-refractivity contribution in [1.82, 2.24) is 15.2 Å². The van der Waals surface area contributed by atoms with Gasteiger partial charge in [0, 0.05) is 31.0 Å². The second kappa shape index (κ2) is 11.3. The van der Waals surface area contributed by atoms with Gasteiger partial charge in [-0.2, -0.15) is 0 Å². The van der Waals surface area contributed by atoms with Crippen LogP contribution in [-0.2, 0) is 0 Å². The van der Waals surface area contributed by atoms with Crippen molar-refractivity contribution in [3.8, 4) is 11.5 Å². The molecule has 0 saturated carbocycles. The highest BCUT2D eigenvalue weighted by atomic mass is 35.5. The molecule has 0 spiro atoms. The third kappa shape index (κ3) is 6.25. The number of carbonyl (C=O) groups is 1. The van der Waals surface area contributed by atoms with Crippen LogP contribution in [0.5, 0.6) is 11.5 Å². The Balaban J connectivity index is 0.00000182. The van der Waals surface area contributed by atoms with Crippen LogP contribution in [-0.4, -0.2) is 42.5 Å². The van der Waals surface area contributed by atoms with Gasteiger partial charge in [-0.3, -0.25) is 9.78 Å². The number of hydrogen-bond donors (Lipinski definition) is 1. The van der Waals surface area contributed by atoms with E-state index in [1.165, 1.54) is 0 Å². The van der Waals surface area contributed by atoms with Gasteiger partial charge in [0.05, 0.1) is 5.02 Å². The Kier molecular flexibility index (Phi) is 9.88. The summed E-state index contributed by atoms with van der Waals surface area (Å²) in [7, 11) is 1.95. The van der Waals surface area contributed by atoms with Gasteiger partial charge in [0.1, 0.15) is 11.5 Å². The summed E-state index contributed by atoms with van der Waals surface area (Å²) < 4.78 is 5.73. The molecule has 3 rings (SSSR count). The fraction of sp³-hybridized carbons (Fsp3) is 0.368. The predicted molar refractivity (Wildman–Crippen MR) is 113 cm³/mol. The molecule has 1 aromatic carbocycles. The van der Waals surface area contributed by atoms with E-state index in [9.17, 15) is 4.79 Å². The molecule has 2 heterocycles. The summed E-state index contributed by atoms with van der Waals surface area (Å²) >= 11 is 6.32. The van der Waals surface area contributed by atoms with Crippen LogP contribution < -0.4 is 10.1 Å². The Morgan fingerprint density at radius 1 is 1.30 bits per heavy atom. The van der Waals surface area contributed by atoms with Gasteiger partial charge in [-0.25, -0.2) is 0 Å². The highest BCUT2D eigenvalue weighted by molar-refractivity contribution is 6.32. The van der Waals surface area contributed by atoms with Crippen LogP contribution in [0, 0.1) is 5.92 Å². The van der Waals surface area contributed by atoms with Crippen molar-refractivity contribution in [3.63, 3.8) is 0 Å². The summed E-state index contributed by atoms with van der Waals surface area (Å²) in [6.45, 7) is 2.52. The molecule has 1 amide bonds. The Morgan fingerprint density at radius 2 is 2.04 bits per heavy atom. The van der Waals surface area contributed by atoms with E-state index in [-0.39, 0.29) is 30.7 Å².